The van der Waals surface area contributed by atoms with Crippen LogP contribution in [-0.4, -0.2) is 36.1 Å². The van der Waals surface area contributed by atoms with Crippen LogP contribution in [0.15, 0.2) is 30.7 Å². The van der Waals surface area contributed by atoms with E-state index in [1.165, 1.54) is 11.3 Å². The smallest absolute Gasteiger partial charge is 0.433 e. The molecule has 3 aromatic heterocycles. The van der Waals surface area contributed by atoms with Gasteiger partial charge in [-0.25, -0.2) is 19.9 Å². The number of anilines is 2. The third kappa shape index (κ3) is 5.02. The number of nitrogens with one attached hydrogen (secondary N) is 1. The van der Waals surface area contributed by atoms with E-state index in [4.69, 9.17) is 0 Å². The van der Waals surface area contributed by atoms with Gasteiger partial charge in [-0.2, -0.15) is 13.2 Å². The van der Waals surface area contributed by atoms with E-state index in [1.54, 1.807) is 18.3 Å². The van der Waals surface area contributed by atoms with Crippen molar-refractivity contribution in [3.05, 3.63) is 47.0 Å². The number of hydrogen-bond acceptors (Lipinski definition) is 8. The summed E-state index contributed by atoms with van der Waals surface area (Å²) in [4.78, 5) is 28.0. The summed E-state index contributed by atoms with van der Waals surface area (Å²) in [5.41, 5.74) is -0.937. The molecule has 3 aromatic rings. The van der Waals surface area contributed by atoms with Gasteiger partial charge in [-0.1, -0.05) is 6.92 Å². The highest BCUT2D eigenvalue weighted by Gasteiger charge is 2.43. The van der Waals surface area contributed by atoms with Gasteiger partial charge >= 0.3 is 12.1 Å². The second kappa shape index (κ2) is 8.91. The first-order valence-electron chi connectivity index (χ1n) is 10.5. The lowest BCUT2D eigenvalue weighted by atomic mass is 9.72. The van der Waals surface area contributed by atoms with Crippen LogP contribution < -0.4 is 5.32 Å². The molecule has 3 atom stereocenters. The van der Waals surface area contributed by atoms with Crippen molar-refractivity contribution in [3.63, 3.8) is 0 Å². The van der Waals surface area contributed by atoms with Gasteiger partial charge in [0.2, 0.25) is 0 Å². The molecule has 1 saturated carbocycles. The zero-order valence-electron chi connectivity index (χ0n) is 18.3. The molecule has 34 heavy (non-hydrogen) atoms. The fourth-order valence-electron chi connectivity index (χ4n) is 4.19. The van der Waals surface area contributed by atoms with Crippen molar-refractivity contribution in [2.45, 2.75) is 44.9 Å². The van der Waals surface area contributed by atoms with Crippen LogP contribution >= 0.6 is 11.3 Å². The Bertz CT molecular complexity index is 1220. The van der Waals surface area contributed by atoms with Crippen molar-refractivity contribution in [2.75, 3.05) is 5.32 Å². The predicted octanol–water partition coefficient (Wildman–Crippen LogP) is 4.77. The number of rotatable bonds is 5. The first kappa shape index (κ1) is 24.0. The quantitative estimate of drug-likeness (QED) is 0.465. The second-order valence-electron chi connectivity index (χ2n) is 8.55. The molecule has 1 aliphatic rings. The summed E-state index contributed by atoms with van der Waals surface area (Å²) in [7, 11) is 0. The maximum Gasteiger partial charge on any atom is 0.433 e. The number of aromatic nitrogens is 4. The number of thiazole rings is 1. The highest BCUT2D eigenvalue weighted by Crippen LogP contribution is 2.45. The first-order valence-corrected chi connectivity index (χ1v) is 11.3. The van der Waals surface area contributed by atoms with Gasteiger partial charge < -0.3 is 15.5 Å². The molecule has 0 aliphatic heterocycles. The number of halogens is 3. The molecule has 0 amide bonds. The molecular weight excluding hydrogens is 471 g/mol. The maximum absolute atomic E-state index is 12.9. The zero-order chi connectivity index (χ0) is 24.7. The zero-order valence-corrected chi connectivity index (χ0v) is 19.1. The van der Waals surface area contributed by atoms with E-state index in [-0.39, 0.29) is 11.7 Å². The number of carboxylic acids is 1. The van der Waals surface area contributed by atoms with Crippen LogP contribution in [0, 0.1) is 18.8 Å². The number of hydrogen-bond donors (Lipinski definition) is 3. The van der Waals surface area contributed by atoms with Crippen LogP contribution in [0.4, 0.5) is 24.8 Å². The van der Waals surface area contributed by atoms with Gasteiger partial charge in [0.25, 0.3) is 0 Å². The topological polar surface area (TPSA) is 121 Å². The van der Waals surface area contributed by atoms with Gasteiger partial charge in [-0.3, -0.25) is 4.79 Å². The van der Waals surface area contributed by atoms with Gasteiger partial charge in [0.15, 0.2) is 0 Å². The average molecular weight is 494 g/mol. The maximum atomic E-state index is 12.9. The Balaban J connectivity index is 1.57. The van der Waals surface area contributed by atoms with Crippen molar-refractivity contribution < 1.29 is 28.2 Å². The van der Waals surface area contributed by atoms with Crippen LogP contribution in [-0.2, 0) is 16.6 Å². The Hall–Kier alpha value is -3.12. The average Bonchev–Trinajstić information content (AvgIpc) is 3.24. The van der Waals surface area contributed by atoms with Gasteiger partial charge in [0.1, 0.15) is 34.3 Å². The largest absolute Gasteiger partial charge is 0.481 e. The summed E-state index contributed by atoms with van der Waals surface area (Å²) in [6.07, 6.45) is -1.23. The molecule has 1 aliphatic carbocycles. The normalized spacial score (nSPS) is 23.0. The van der Waals surface area contributed by atoms with Crippen LogP contribution in [0.25, 0.3) is 10.6 Å². The standard InChI is InChI=1S/C22H22F3N5O3S/c1-11-5-14(29-18(6-11)30-17-7-16(22(23,24)25)27-10-28-17)15-9-26-20(34-15)21(33)4-3-13(19(31)32)12(2)8-21/h5-7,9-10,12-13,33H,3-4,8H2,1-2H3,(H,31,32)(H,27,28,29,30)/t12-,13+,21+/m0/s1. The van der Waals surface area contributed by atoms with Crippen LogP contribution in [0.2, 0.25) is 0 Å². The third-order valence-corrected chi connectivity index (χ3v) is 7.09. The summed E-state index contributed by atoms with van der Waals surface area (Å²) >= 11 is 1.26. The van der Waals surface area contributed by atoms with E-state index >= 15 is 0 Å². The number of nitrogens with zero attached hydrogens (tertiary/aromatic N) is 4. The van der Waals surface area contributed by atoms with E-state index in [9.17, 15) is 28.2 Å². The Labute approximate surface area is 197 Å². The lowest BCUT2D eigenvalue weighted by Gasteiger charge is -2.37. The van der Waals surface area contributed by atoms with Gasteiger partial charge in [0, 0.05) is 12.3 Å². The van der Waals surface area contributed by atoms with E-state index < -0.39 is 29.4 Å². The summed E-state index contributed by atoms with van der Waals surface area (Å²) in [5.74, 6) is -1.30. The van der Waals surface area contributed by atoms with E-state index in [0.717, 1.165) is 18.0 Å². The minimum absolute atomic E-state index is 0.0464. The van der Waals surface area contributed by atoms with Crippen LogP contribution in [0.3, 0.4) is 0 Å². The van der Waals surface area contributed by atoms with Gasteiger partial charge in [-0.05, 0) is 49.8 Å². The van der Waals surface area contributed by atoms with Crippen molar-refractivity contribution in [3.8, 4) is 10.6 Å². The Morgan fingerprint density at radius 2 is 1.97 bits per heavy atom. The van der Waals surface area contributed by atoms with Gasteiger partial charge in [0.05, 0.1) is 16.5 Å². The molecule has 12 heteroatoms. The third-order valence-electron chi connectivity index (χ3n) is 5.87. The fraction of sp³-hybridized carbons (Fsp3) is 0.409. The minimum Gasteiger partial charge on any atom is -0.481 e. The van der Waals surface area contributed by atoms with Crippen LogP contribution in [0.1, 0.15) is 42.5 Å². The van der Waals surface area contributed by atoms with Crippen LogP contribution in [0.5, 0.6) is 0 Å². The Morgan fingerprint density at radius 1 is 1.21 bits per heavy atom. The summed E-state index contributed by atoms with van der Waals surface area (Å²) in [5, 5.41) is 23.8. The molecular formula is C22H22F3N5O3S. The number of alkyl halides is 3. The number of carboxylic acid groups (broad SMARTS) is 1. The number of aryl methyl sites for hydroxylation is 1. The second-order valence-corrected chi connectivity index (χ2v) is 9.58. The molecule has 0 bridgehead atoms. The van der Waals surface area contributed by atoms with Crippen molar-refractivity contribution in [1.29, 1.82) is 0 Å². The highest BCUT2D eigenvalue weighted by atomic mass is 32.1. The van der Waals surface area contributed by atoms with E-state index in [1.807, 2.05) is 13.8 Å². The summed E-state index contributed by atoms with van der Waals surface area (Å²) in [6, 6.07) is 4.28. The molecule has 0 aromatic carbocycles. The number of pyridine rings is 1. The number of aliphatic carboxylic acids is 1. The molecule has 0 unspecified atom stereocenters. The molecule has 3 N–H and O–H groups in total. The highest BCUT2D eigenvalue weighted by molar-refractivity contribution is 7.15. The van der Waals surface area contributed by atoms with E-state index in [0.29, 0.717) is 40.7 Å². The molecule has 4 rings (SSSR count). The van der Waals surface area contributed by atoms with E-state index in [2.05, 4.69) is 25.3 Å². The SMILES string of the molecule is Cc1cc(Nc2cc(C(F)(F)F)ncn2)nc(-c2cnc([C@@]3(O)CC[C@@H](C(=O)O)[C@@H](C)C3)s2)c1. The molecule has 1 fully saturated rings. The fourth-order valence-corrected chi connectivity index (χ4v) is 5.20. The Kier molecular flexibility index (Phi) is 6.30. The minimum atomic E-state index is -4.59. The summed E-state index contributed by atoms with van der Waals surface area (Å²) in [6.45, 7) is 3.64. The molecule has 180 valence electrons. The number of aliphatic hydroxyl groups is 1. The molecule has 0 radical (unpaired) electrons. The van der Waals surface area contributed by atoms with Gasteiger partial charge in [-0.15, -0.1) is 11.3 Å². The lowest BCUT2D eigenvalue weighted by molar-refractivity contribution is -0.148. The Morgan fingerprint density at radius 3 is 2.65 bits per heavy atom. The number of carbonyl (C=O) groups is 1. The van der Waals surface area contributed by atoms with Crippen molar-refractivity contribution in [2.24, 2.45) is 11.8 Å². The molecule has 0 saturated heterocycles. The molecule has 3 heterocycles. The molecule has 0 spiro atoms. The van der Waals surface area contributed by atoms with Crippen molar-refractivity contribution >= 4 is 28.9 Å². The predicted molar refractivity (Wildman–Crippen MR) is 118 cm³/mol. The van der Waals surface area contributed by atoms with Crippen molar-refractivity contribution in [1.82, 2.24) is 19.9 Å². The first-order chi connectivity index (χ1) is 15.9. The lowest BCUT2D eigenvalue weighted by Crippen LogP contribution is -2.38. The monoisotopic (exact) mass is 493 g/mol. The molecule has 8 nitrogen and oxygen atoms in total. The summed E-state index contributed by atoms with van der Waals surface area (Å²) < 4.78 is 38.8.